The lowest BCUT2D eigenvalue weighted by atomic mass is 9.89. The molecule has 2 atom stereocenters. The molecule has 2 rings (SSSR count). The van der Waals surface area contributed by atoms with E-state index in [1.807, 2.05) is 6.92 Å². The highest BCUT2D eigenvalue weighted by atomic mass is 19.1. The third-order valence-corrected chi connectivity index (χ3v) is 3.28. The molecule has 0 radical (unpaired) electrons. The molecule has 0 amide bonds. The van der Waals surface area contributed by atoms with Crippen LogP contribution in [0.25, 0.3) is 0 Å². The number of hydrogen-bond acceptors (Lipinski definition) is 3. The summed E-state index contributed by atoms with van der Waals surface area (Å²) >= 11 is 0. The average molecular weight is 237 g/mol. The zero-order valence-electron chi connectivity index (χ0n) is 10.00. The zero-order chi connectivity index (χ0) is 12.4. The number of methoxy groups -OCH3 is 1. The summed E-state index contributed by atoms with van der Waals surface area (Å²) in [6.07, 6.45) is 0. The minimum Gasteiger partial charge on any atom is -0.496 e. The second-order valence-electron chi connectivity index (χ2n) is 4.45. The molecular formula is C13H16FNO2. The first-order valence-electron chi connectivity index (χ1n) is 5.72. The molecule has 1 fully saturated rings. The fourth-order valence-corrected chi connectivity index (χ4v) is 2.23. The van der Waals surface area contributed by atoms with Gasteiger partial charge in [0, 0.05) is 12.5 Å². The van der Waals surface area contributed by atoms with E-state index in [1.165, 1.54) is 25.3 Å². The Morgan fingerprint density at radius 2 is 2.24 bits per heavy atom. The number of ketones is 1. The van der Waals surface area contributed by atoms with Crippen molar-refractivity contribution in [3.05, 3.63) is 29.6 Å². The highest BCUT2D eigenvalue weighted by Crippen LogP contribution is 2.27. The molecule has 0 saturated carbocycles. The molecule has 1 aromatic rings. The SMILES string of the molecule is COc1ccc(F)cc1C(=O)C1CNCC1C. The van der Waals surface area contributed by atoms with Crippen LogP contribution in [-0.4, -0.2) is 26.0 Å². The van der Waals surface area contributed by atoms with E-state index in [2.05, 4.69) is 5.32 Å². The van der Waals surface area contributed by atoms with Gasteiger partial charge in [-0.3, -0.25) is 4.79 Å². The predicted octanol–water partition coefficient (Wildman–Crippen LogP) is 1.87. The average Bonchev–Trinajstić information content (AvgIpc) is 2.74. The van der Waals surface area contributed by atoms with Crippen molar-refractivity contribution < 1.29 is 13.9 Å². The van der Waals surface area contributed by atoms with E-state index in [4.69, 9.17) is 4.74 Å². The summed E-state index contributed by atoms with van der Waals surface area (Å²) in [6.45, 7) is 3.50. The fraction of sp³-hybridized carbons (Fsp3) is 0.462. The Morgan fingerprint density at radius 1 is 1.47 bits per heavy atom. The van der Waals surface area contributed by atoms with Gasteiger partial charge in [-0.1, -0.05) is 6.92 Å². The number of Topliss-reactive ketones (excluding diaryl/α,β-unsaturated/α-hetero) is 1. The smallest absolute Gasteiger partial charge is 0.171 e. The Bertz CT molecular complexity index is 433. The van der Waals surface area contributed by atoms with Crippen LogP contribution in [0.4, 0.5) is 4.39 Å². The van der Waals surface area contributed by atoms with Gasteiger partial charge >= 0.3 is 0 Å². The Kier molecular flexibility index (Phi) is 3.43. The molecule has 1 saturated heterocycles. The van der Waals surface area contributed by atoms with E-state index < -0.39 is 5.82 Å². The van der Waals surface area contributed by atoms with Crippen LogP contribution in [0.3, 0.4) is 0 Å². The molecule has 1 aliphatic rings. The van der Waals surface area contributed by atoms with Gasteiger partial charge in [-0.25, -0.2) is 4.39 Å². The third kappa shape index (κ3) is 2.31. The first kappa shape index (κ1) is 12.0. The molecule has 4 heteroatoms. The largest absolute Gasteiger partial charge is 0.496 e. The van der Waals surface area contributed by atoms with E-state index >= 15 is 0 Å². The van der Waals surface area contributed by atoms with Crippen LogP contribution in [0.1, 0.15) is 17.3 Å². The maximum absolute atomic E-state index is 13.2. The minimum absolute atomic E-state index is 0.0427. The molecule has 1 aliphatic heterocycles. The summed E-state index contributed by atoms with van der Waals surface area (Å²) in [5.41, 5.74) is 0.341. The van der Waals surface area contributed by atoms with Crippen LogP contribution in [0, 0.1) is 17.7 Å². The van der Waals surface area contributed by atoms with E-state index in [9.17, 15) is 9.18 Å². The zero-order valence-corrected chi connectivity index (χ0v) is 10.00. The molecule has 1 N–H and O–H groups in total. The van der Waals surface area contributed by atoms with Crippen molar-refractivity contribution in [3.63, 3.8) is 0 Å². The number of halogens is 1. The molecule has 92 valence electrons. The van der Waals surface area contributed by atoms with Crippen molar-refractivity contribution in [1.82, 2.24) is 5.32 Å². The number of rotatable bonds is 3. The standard InChI is InChI=1S/C13H16FNO2/c1-8-6-15-7-11(8)13(16)10-5-9(14)3-4-12(10)17-2/h3-5,8,11,15H,6-7H2,1-2H3. The van der Waals surface area contributed by atoms with Gasteiger partial charge in [0.25, 0.3) is 0 Å². The summed E-state index contributed by atoms with van der Waals surface area (Å²) in [7, 11) is 1.49. The summed E-state index contributed by atoms with van der Waals surface area (Å²) in [5, 5.41) is 3.17. The lowest BCUT2D eigenvalue weighted by molar-refractivity contribution is 0.0904. The number of hydrogen-bond donors (Lipinski definition) is 1. The number of ether oxygens (including phenoxy) is 1. The molecule has 0 aromatic heterocycles. The molecule has 2 unspecified atom stereocenters. The fourth-order valence-electron chi connectivity index (χ4n) is 2.23. The van der Waals surface area contributed by atoms with Crippen LogP contribution in [0.2, 0.25) is 0 Å². The topological polar surface area (TPSA) is 38.3 Å². The van der Waals surface area contributed by atoms with Gasteiger partial charge in [0.15, 0.2) is 5.78 Å². The van der Waals surface area contributed by atoms with Gasteiger partial charge in [-0.15, -0.1) is 0 Å². The minimum atomic E-state index is -0.409. The second-order valence-corrected chi connectivity index (χ2v) is 4.45. The molecule has 1 heterocycles. The highest BCUT2D eigenvalue weighted by Gasteiger charge is 2.31. The van der Waals surface area contributed by atoms with E-state index in [1.54, 1.807) is 0 Å². The van der Waals surface area contributed by atoms with E-state index in [0.29, 0.717) is 17.9 Å². The Labute approximate surface area is 100.0 Å². The maximum Gasteiger partial charge on any atom is 0.171 e. The van der Waals surface area contributed by atoms with Crippen LogP contribution < -0.4 is 10.1 Å². The van der Waals surface area contributed by atoms with Crippen molar-refractivity contribution in [2.24, 2.45) is 11.8 Å². The Balaban J connectivity index is 2.32. The lowest BCUT2D eigenvalue weighted by Gasteiger charge is -2.15. The molecule has 3 nitrogen and oxygen atoms in total. The quantitative estimate of drug-likeness (QED) is 0.816. The van der Waals surface area contributed by atoms with Crippen molar-refractivity contribution in [2.75, 3.05) is 20.2 Å². The van der Waals surface area contributed by atoms with Gasteiger partial charge in [0.05, 0.1) is 12.7 Å². The van der Waals surface area contributed by atoms with E-state index in [-0.39, 0.29) is 17.6 Å². The van der Waals surface area contributed by atoms with Gasteiger partial charge in [-0.05, 0) is 30.7 Å². The first-order chi connectivity index (χ1) is 8.13. The lowest BCUT2D eigenvalue weighted by Crippen LogP contribution is -2.22. The van der Waals surface area contributed by atoms with Crippen molar-refractivity contribution in [3.8, 4) is 5.75 Å². The van der Waals surface area contributed by atoms with Crippen molar-refractivity contribution >= 4 is 5.78 Å². The van der Waals surface area contributed by atoms with Crippen molar-refractivity contribution in [2.45, 2.75) is 6.92 Å². The summed E-state index contributed by atoms with van der Waals surface area (Å²) in [4.78, 5) is 12.3. The summed E-state index contributed by atoms with van der Waals surface area (Å²) in [5.74, 6) is 0.170. The maximum atomic E-state index is 13.2. The monoisotopic (exact) mass is 237 g/mol. The van der Waals surface area contributed by atoms with Gasteiger partial charge in [0.2, 0.25) is 0 Å². The van der Waals surface area contributed by atoms with Gasteiger partial charge in [-0.2, -0.15) is 0 Å². The van der Waals surface area contributed by atoms with Crippen LogP contribution in [-0.2, 0) is 0 Å². The summed E-state index contributed by atoms with van der Waals surface area (Å²) in [6, 6.07) is 4.05. The number of benzene rings is 1. The van der Waals surface area contributed by atoms with E-state index in [0.717, 1.165) is 6.54 Å². The molecular weight excluding hydrogens is 221 g/mol. The molecule has 0 bridgehead atoms. The number of carbonyl (C=O) groups is 1. The van der Waals surface area contributed by atoms with Crippen molar-refractivity contribution in [1.29, 1.82) is 0 Å². The van der Waals surface area contributed by atoms with Crippen LogP contribution >= 0.6 is 0 Å². The predicted molar refractivity (Wildman–Crippen MR) is 62.8 cm³/mol. The second kappa shape index (κ2) is 4.84. The van der Waals surface area contributed by atoms with Crippen LogP contribution in [0.5, 0.6) is 5.75 Å². The number of nitrogens with one attached hydrogen (secondary N) is 1. The Morgan fingerprint density at radius 3 is 2.82 bits per heavy atom. The third-order valence-electron chi connectivity index (χ3n) is 3.28. The number of carbonyl (C=O) groups excluding carboxylic acids is 1. The molecule has 1 aromatic carbocycles. The van der Waals surface area contributed by atoms with Crippen LogP contribution in [0.15, 0.2) is 18.2 Å². The molecule has 0 aliphatic carbocycles. The first-order valence-corrected chi connectivity index (χ1v) is 5.72. The molecule has 17 heavy (non-hydrogen) atoms. The summed E-state index contributed by atoms with van der Waals surface area (Å²) < 4.78 is 18.3. The highest BCUT2D eigenvalue weighted by molar-refractivity contribution is 6.00. The van der Waals surface area contributed by atoms with Gasteiger partial charge in [0.1, 0.15) is 11.6 Å². The Hall–Kier alpha value is -1.42. The van der Waals surface area contributed by atoms with Gasteiger partial charge < -0.3 is 10.1 Å². The normalized spacial score (nSPS) is 23.7. The molecule has 0 spiro atoms.